The lowest BCUT2D eigenvalue weighted by atomic mass is 9.72. The van der Waals surface area contributed by atoms with Gasteiger partial charge in [-0.3, -0.25) is 29.2 Å². The number of fused-ring (bicyclic) bond motifs is 4. The van der Waals surface area contributed by atoms with E-state index in [1.54, 1.807) is 6.92 Å². The first-order chi connectivity index (χ1) is 21.0. The fourth-order valence-corrected chi connectivity index (χ4v) is 6.08. The van der Waals surface area contributed by atoms with E-state index >= 15 is 0 Å². The second-order valence-corrected chi connectivity index (χ2v) is 12.8. The van der Waals surface area contributed by atoms with Crippen molar-refractivity contribution in [3.63, 3.8) is 0 Å². The first-order valence-electron chi connectivity index (χ1n) is 15.6. The summed E-state index contributed by atoms with van der Waals surface area (Å²) >= 11 is 0. The zero-order valence-corrected chi connectivity index (χ0v) is 26.0. The molecular weight excluding hydrogens is 558 g/mol. The van der Waals surface area contributed by atoms with Crippen LogP contribution in [0, 0.1) is 11.3 Å². The highest BCUT2D eigenvalue weighted by Crippen LogP contribution is 2.41. The van der Waals surface area contributed by atoms with Crippen molar-refractivity contribution in [1.29, 1.82) is 0 Å². The van der Waals surface area contributed by atoms with Gasteiger partial charge >= 0.3 is 5.97 Å². The van der Waals surface area contributed by atoms with Gasteiger partial charge in [0.1, 0.15) is 12.1 Å². The van der Waals surface area contributed by atoms with Crippen molar-refractivity contribution in [2.24, 2.45) is 11.3 Å². The van der Waals surface area contributed by atoms with Crippen molar-refractivity contribution in [3.05, 3.63) is 59.8 Å². The van der Waals surface area contributed by atoms with E-state index in [0.29, 0.717) is 50.8 Å². The molecule has 1 spiro atoms. The van der Waals surface area contributed by atoms with Gasteiger partial charge in [0.05, 0.1) is 22.7 Å². The molecule has 5 bridgehead atoms. The molecular formula is C34H43N5O5. The third-order valence-corrected chi connectivity index (χ3v) is 8.99. The van der Waals surface area contributed by atoms with Crippen LogP contribution in [0.15, 0.2) is 48.6 Å². The van der Waals surface area contributed by atoms with Crippen LogP contribution in [0.5, 0.6) is 0 Å². The Morgan fingerprint density at radius 1 is 1.00 bits per heavy atom. The zero-order valence-electron chi connectivity index (χ0n) is 26.0. The molecule has 3 amide bonds. The van der Waals surface area contributed by atoms with Crippen LogP contribution >= 0.6 is 0 Å². The largest absolute Gasteiger partial charge is 0.451 e. The van der Waals surface area contributed by atoms with E-state index in [4.69, 9.17) is 9.72 Å². The average Bonchev–Trinajstić information content (AvgIpc) is 3.01. The van der Waals surface area contributed by atoms with Crippen LogP contribution in [0.4, 0.5) is 0 Å². The highest BCUT2D eigenvalue weighted by Gasteiger charge is 2.42. The van der Waals surface area contributed by atoms with Crippen LogP contribution in [0.2, 0.25) is 0 Å². The van der Waals surface area contributed by atoms with E-state index in [9.17, 15) is 19.2 Å². The smallest absolute Gasteiger partial charge is 0.316 e. The Morgan fingerprint density at radius 2 is 1.70 bits per heavy atom. The summed E-state index contributed by atoms with van der Waals surface area (Å²) in [5.74, 6) is -1.93. The van der Waals surface area contributed by atoms with Crippen molar-refractivity contribution in [2.45, 2.75) is 90.4 Å². The normalized spacial score (nSPS) is 27.7. The number of aromatic nitrogens is 1. The molecule has 2 aliphatic heterocycles. The van der Waals surface area contributed by atoms with Gasteiger partial charge in [0.15, 0.2) is 6.10 Å². The predicted octanol–water partition coefficient (Wildman–Crippen LogP) is 4.12. The van der Waals surface area contributed by atoms with Gasteiger partial charge in [-0.15, -0.1) is 0 Å². The maximum Gasteiger partial charge on any atom is 0.316 e. The van der Waals surface area contributed by atoms with Crippen molar-refractivity contribution in [2.75, 3.05) is 6.54 Å². The molecule has 2 fully saturated rings. The van der Waals surface area contributed by atoms with Gasteiger partial charge in [-0.2, -0.15) is 0 Å². The lowest BCUT2D eigenvalue weighted by molar-refractivity contribution is -0.167. The fraction of sp³-hybridized carbons (Fsp3) is 0.500. The number of pyridine rings is 1. The summed E-state index contributed by atoms with van der Waals surface area (Å²) < 4.78 is 5.98. The molecule has 44 heavy (non-hydrogen) atoms. The van der Waals surface area contributed by atoms with E-state index in [0.717, 1.165) is 22.0 Å². The van der Waals surface area contributed by atoms with Gasteiger partial charge < -0.3 is 15.4 Å². The number of rotatable bonds is 1. The van der Waals surface area contributed by atoms with E-state index in [1.807, 2.05) is 63.3 Å². The van der Waals surface area contributed by atoms with Crippen molar-refractivity contribution in [3.8, 4) is 0 Å². The summed E-state index contributed by atoms with van der Waals surface area (Å²) in [6, 6.07) is 7.92. The molecule has 1 aromatic heterocycles. The number of allylic oxidation sites excluding steroid dienone is 1. The molecule has 10 heteroatoms. The van der Waals surface area contributed by atoms with Gasteiger partial charge in [0.25, 0.3) is 11.8 Å². The maximum absolute atomic E-state index is 13.9. The van der Waals surface area contributed by atoms with Crippen molar-refractivity contribution < 1.29 is 23.9 Å². The highest BCUT2D eigenvalue weighted by atomic mass is 16.5. The first kappa shape index (κ1) is 31.4. The van der Waals surface area contributed by atoms with E-state index < -0.39 is 35.5 Å². The third kappa shape index (κ3) is 6.70. The SMILES string of the molecule is C=C1CCC2(/C=C/c3ccc4ccc(nc4c3)C(C)NC(=O)[C@@H]3CCCN(N3)C(=O)[C@H](C)NC(=O)C(C(C)C)OC2=O)CC1. The molecule has 3 N–H and O–H groups in total. The van der Waals surface area contributed by atoms with Crippen LogP contribution in [-0.2, 0) is 23.9 Å². The number of nitrogens with zero attached hydrogens (tertiary/aromatic N) is 2. The monoisotopic (exact) mass is 601 g/mol. The number of carbonyl (C=O) groups excluding carboxylic acids is 4. The number of amides is 3. The number of esters is 1. The molecule has 0 radical (unpaired) electrons. The summed E-state index contributed by atoms with van der Waals surface area (Å²) in [5, 5.41) is 8.14. The molecule has 1 aliphatic carbocycles. The van der Waals surface area contributed by atoms with Crippen LogP contribution in [0.3, 0.4) is 0 Å². The van der Waals surface area contributed by atoms with Crippen molar-refractivity contribution in [1.82, 2.24) is 26.1 Å². The summed E-state index contributed by atoms with van der Waals surface area (Å²) in [5.41, 5.74) is 5.56. The van der Waals surface area contributed by atoms with Crippen LogP contribution in [0.25, 0.3) is 17.0 Å². The quantitative estimate of drug-likeness (QED) is 0.331. The number of hydrogen-bond acceptors (Lipinski definition) is 7. The zero-order chi connectivity index (χ0) is 31.6. The second kappa shape index (κ2) is 12.9. The van der Waals surface area contributed by atoms with Gasteiger partial charge in [-0.1, -0.05) is 56.4 Å². The Hall–Kier alpha value is -4.05. The average molecular weight is 602 g/mol. The molecule has 2 unspecified atom stereocenters. The molecule has 2 aromatic rings. The Balaban J connectivity index is 1.53. The van der Waals surface area contributed by atoms with Crippen LogP contribution in [-0.4, -0.2) is 58.4 Å². The Kier molecular flexibility index (Phi) is 9.20. The summed E-state index contributed by atoms with van der Waals surface area (Å²) in [4.78, 5) is 58.8. The molecule has 1 saturated carbocycles. The van der Waals surface area contributed by atoms with Crippen LogP contribution in [0.1, 0.15) is 83.5 Å². The minimum absolute atomic E-state index is 0.233. The molecule has 1 aromatic carbocycles. The molecule has 3 aliphatic rings. The fourth-order valence-electron chi connectivity index (χ4n) is 6.08. The number of carbonyl (C=O) groups is 4. The second-order valence-electron chi connectivity index (χ2n) is 12.8. The van der Waals surface area contributed by atoms with Crippen LogP contribution < -0.4 is 16.1 Å². The lowest BCUT2D eigenvalue weighted by Crippen LogP contribution is -2.61. The number of cyclic esters (lactones) is 1. The summed E-state index contributed by atoms with van der Waals surface area (Å²) in [6.07, 6.45) is 6.33. The summed E-state index contributed by atoms with van der Waals surface area (Å²) in [7, 11) is 0. The number of benzene rings is 1. The van der Waals surface area contributed by atoms with Crippen molar-refractivity contribution >= 4 is 40.7 Å². The van der Waals surface area contributed by atoms with E-state index in [-0.39, 0.29) is 23.8 Å². The predicted molar refractivity (Wildman–Crippen MR) is 168 cm³/mol. The lowest BCUT2D eigenvalue weighted by Gasteiger charge is -2.36. The topological polar surface area (TPSA) is 130 Å². The van der Waals surface area contributed by atoms with Gasteiger partial charge in [-0.25, -0.2) is 5.43 Å². The molecule has 4 atom stereocenters. The highest BCUT2D eigenvalue weighted by molar-refractivity contribution is 5.92. The Bertz CT molecular complexity index is 1490. The number of ether oxygens (including phenoxy) is 1. The minimum atomic E-state index is -1.08. The van der Waals surface area contributed by atoms with Gasteiger partial charge in [0.2, 0.25) is 5.91 Å². The number of nitrogens with one attached hydrogen (secondary N) is 3. The van der Waals surface area contributed by atoms with Gasteiger partial charge in [0, 0.05) is 11.9 Å². The Labute approximate surface area is 258 Å². The summed E-state index contributed by atoms with van der Waals surface area (Å²) in [6.45, 7) is 11.6. The number of hydrogen-bond donors (Lipinski definition) is 3. The molecule has 5 rings (SSSR count). The molecule has 234 valence electrons. The van der Waals surface area contributed by atoms with E-state index in [2.05, 4.69) is 22.6 Å². The van der Waals surface area contributed by atoms with Gasteiger partial charge in [-0.05, 0) is 76.0 Å². The molecule has 3 heterocycles. The number of hydrazine groups is 1. The molecule has 1 saturated heterocycles. The standard InChI is InChI=1S/C34H43N5O5/c1-20(2)29-31(41)36-23(5)32(42)39-18-6-7-27(38-39)30(40)35-22(4)26-11-10-25-9-8-24(19-28(25)37-26)14-17-34(33(43)44-29)15-12-21(3)13-16-34/h8-11,14,17,19-20,22-23,27,29,38H,3,6-7,12-13,15-16,18H2,1-2,4-5H3,(H,35,40)(H,36,41)/b17-14+/t22?,23-,27-,29?/m0/s1. The molecule has 10 nitrogen and oxygen atoms in total. The maximum atomic E-state index is 13.9. The Morgan fingerprint density at radius 3 is 2.43 bits per heavy atom. The van der Waals surface area contributed by atoms with E-state index in [1.165, 1.54) is 5.01 Å². The minimum Gasteiger partial charge on any atom is -0.451 e. The first-order valence-corrected chi connectivity index (χ1v) is 15.6. The third-order valence-electron chi connectivity index (χ3n) is 8.99.